The highest BCUT2D eigenvalue weighted by molar-refractivity contribution is 6.36. The summed E-state index contributed by atoms with van der Waals surface area (Å²) in [6, 6.07) is 9.04. The van der Waals surface area contributed by atoms with Crippen molar-refractivity contribution in [2.75, 3.05) is 17.3 Å². The van der Waals surface area contributed by atoms with Crippen LogP contribution < -0.4 is 10.2 Å². The maximum absolute atomic E-state index is 16.2. The van der Waals surface area contributed by atoms with Gasteiger partial charge >= 0.3 is 0 Å². The molecule has 1 aliphatic heterocycles. The standard InChI is InChI=1S/C24H22ClF2N3O2/c1-24(2)23(31)22(30(3)17-8-5-9-32-17)19-16(29-24)10-15(26)18(20(19)27)13-7-4-6-12-14(25)11-28-21(12)13/h4-11,22-23,28-29,31H,1-3H3/t22-,23+/m0/s1. The summed E-state index contributed by atoms with van der Waals surface area (Å²) in [7, 11) is 1.71. The summed E-state index contributed by atoms with van der Waals surface area (Å²) in [6.45, 7) is 3.57. The number of aliphatic hydroxyl groups is 1. The van der Waals surface area contributed by atoms with E-state index < -0.39 is 29.3 Å². The molecular weight excluding hydrogens is 436 g/mol. The highest BCUT2D eigenvalue weighted by Gasteiger charge is 2.46. The van der Waals surface area contributed by atoms with Crippen LogP contribution in [0.5, 0.6) is 0 Å². The van der Waals surface area contributed by atoms with Crippen molar-refractivity contribution in [3.8, 4) is 11.1 Å². The van der Waals surface area contributed by atoms with Crippen LogP contribution in [-0.4, -0.2) is 28.8 Å². The Labute approximate surface area is 188 Å². The first kappa shape index (κ1) is 20.8. The van der Waals surface area contributed by atoms with Gasteiger partial charge in [-0.3, -0.25) is 0 Å². The highest BCUT2D eigenvalue weighted by Crippen LogP contribution is 2.47. The molecule has 166 valence electrons. The zero-order valence-electron chi connectivity index (χ0n) is 17.7. The largest absolute Gasteiger partial charge is 0.449 e. The minimum absolute atomic E-state index is 0.168. The first-order valence-electron chi connectivity index (χ1n) is 10.2. The zero-order valence-corrected chi connectivity index (χ0v) is 18.5. The summed E-state index contributed by atoms with van der Waals surface area (Å²) in [5.74, 6) is -0.997. The van der Waals surface area contributed by atoms with Gasteiger partial charge in [-0.25, -0.2) is 8.78 Å². The van der Waals surface area contributed by atoms with Crippen molar-refractivity contribution in [1.29, 1.82) is 0 Å². The lowest BCUT2D eigenvalue weighted by atomic mass is 9.80. The number of anilines is 2. The molecule has 2 aromatic heterocycles. The molecule has 2 atom stereocenters. The number of likely N-dealkylation sites (N-methyl/N-ethyl adjacent to an activating group) is 1. The molecule has 0 fully saturated rings. The molecule has 32 heavy (non-hydrogen) atoms. The SMILES string of the molecule is CN(c1ccco1)[C@H]1c2c(cc(F)c(-c3cccc4c(Cl)c[nH]c34)c2F)NC(C)(C)[C@@H]1O. The number of aliphatic hydroxyl groups excluding tert-OH is 1. The summed E-state index contributed by atoms with van der Waals surface area (Å²) < 4.78 is 37.1. The van der Waals surface area contributed by atoms with Gasteiger partial charge < -0.3 is 24.7 Å². The molecular formula is C24H22ClF2N3O2. The Morgan fingerprint density at radius 1 is 1.19 bits per heavy atom. The number of hydrogen-bond acceptors (Lipinski definition) is 4. The first-order valence-corrected chi connectivity index (χ1v) is 10.6. The molecule has 0 aliphatic carbocycles. The molecule has 2 aromatic carbocycles. The zero-order chi connectivity index (χ0) is 22.8. The van der Waals surface area contributed by atoms with Gasteiger partial charge in [0.05, 0.1) is 33.9 Å². The van der Waals surface area contributed by atoms with Gasteiger partial charge in [0.15, 0.2) is 5.88 Å². The molecule has 0 saturated heterocycles. The van der Waals surface area contributed by atoms with E-state index in [1.807, 2.05) is 0 Å². The Balaban J connectivity index is 1.77. The monoisotopic (exact) mass is 457 g/mol. The van der Waals surface area contributed by atoms with Crippen LogP contribution in [0.4, 0.5) is 20.4 Å². The quantitative estimate of drug-likeness (QED) is 0.347. The second-order valence-corrected chi connectivity index (χ2v) is 9.08. The summed E-state index contributed by atoms with van der Waals surface area (Å²) >= 11 is 6.22. The molecule has 0 amide bonds. The third-order valence-electron chi connectivity index (χ3n) is 6.25. The van der Waals surface area contributed by atoms with Crippen molar-refractivity contribution in [1.82, 2.24) is 4.98 Å². The maximum atomic E-state index is 16.2. The van der Waals surface area contributed by atoms with Crippen molar-refractivity contribution in [2.24, 2.45) is 0 Å². The number of fused-ring (bicyclic) bond motifs is 2. The van der Waals surface area contributed by atoms with Crippen molar-refractivity contribution >= 4 is 34.1 Å². The molecule has 0 bridgehead atoms. The van der Waals surface area contributed by atoms with E-state index in [0.717, 1.165) is 0 Å². The van der Waals surface area contributed by atoms with Gasteiger partial charge in [0, 0.05) is 41.5 Å². The Kier molecular flexibility index (Phi) is 4.72. The number of halogens is 3. The number of aromatic amines is 1. The highest BCUT2D eigenvalue weighted by atomic mass is 35.5. The third kappa shape index (κ3) is 2.99. The third-order valence-corrected chi connectivity index (χ3v) is 6.57. The molecule has 3 heterocycles. The van der Waals surface area contributed by atoms with Crippen LogP contribution in [0.25, 0.3) is 22.0 Å². The predicted molar refractivity (Wildman–Crippen MR) is 122 cm³/mol. The molecule has 1 aliphatic rings. The second kappa shape index (κ2) is 7.25. The topological polar surface area (TPSA) is 64.4 Å². The van der Waals surface area contributed by atoms with Crippen molar-refractivity contribution in [2.45, 2.75) is 31.5 Å². The predicted octanol–water partition coefficient (Wildman–Crippen LogP) is 6.10. The number of para-hydroxylation sites is 1. The fourth-order valence-corrected chi connectivity index (χ4v) is 4.80. The van der Waals surface area contributed by atoms with Gasteiger partial charge in [-0.1, -0.05) is 29.8 Å². The average molecular weight is 458 g/mol. The molecule has 5 rings (SSSR count). The molecule has 3 N–H and O–H groups in total. The van der Waals surface area contributed by atoms with Crippen molar-refractivity contribution in [3.05, 3.63) is 71.1 Å². The van der Waals surface area contributed by atoms with E-state index in [1.54, 1.807) is 62.3 Å². The van der Waals surface area contributed by atoms with Crippen LogP contribution >= 0.6 is 11.6 Å². The fourth-order valence-electron chi connectivity index (χ4n) is 4.59. The van der Waals surface area contributed by atoms with Gasteiger partial charge in [-0.15, -0.1) is 0 Å². The van der Waals surface area contributed by atoms with Gasteiger partial charge in [-0.2, -0.15) is 0 Å². The normalized spacial score (nSPS) is 19.6. The second-order valence-electron chi connectivity index (χ2n) is 8.67. The van der Waals surface area contributed by atoms with Crippen LogP contribution in [0.2, 0.25) is 5.02 Å². The smallest absolute Gasteiger partial charge is 0.195 e. The summed E-state index contributed by atoms with van der Waals surface area (Å²) in [4.78, 5) is 4.68. The lowest BCUT2D eigenvalue weighted by Crippen LogP contribution is -2.54. The number of furan rings is 1. The van der Waals surface area contributed by atoms with Crippen LogP contribution in [0.1, 0.15) is 25.5 Å². The molecule has 5 nitrogen and oxygen atoms in total. The number of rotatable bonds is 3. The summed E-state index contributed by atoms with van der Waals surface area (Å²) in [5, 5.41) is 15.5. The lowest BCUT2D eigenvalue weighted by Gasteiger charge is -2.46. The molecule has 0 saturated carbocycles. The first-order chi connectivity index (χ1) is 15.2. The van der Waals surface area contributed by atoms with Gasteiger partial charge in [0.25, 0.3) is 0 Å². The van der Waals surface area contributed by atoms with Crippen LogP contribution in [0.15, 0.2) is 53.3 Å². The minimum atomic E-state index is -1.02. The Bertz CT molecular complexity index is 1320. The fraction of sp³-hybridized carbons (Fsp3) is 0.250. The molecule has 0 unspecified atom stereocenters. The number of nitrogens with zero attached hydrogens (tertiary/aromatic N) is 1. The number of H-pyrrole nitrogens is 1. The number of benzene rings is 2. The Morgan fingerprint density at radius 3 is 2.69 bits per heavy atom. The number of aromatic nitrogens is 1. The van der Waals surface area contributed by atoms with Crippen LogP contribution in [0.3, 0.4) is 0 Å². The van der Waals surface area contributed by atoms with Gasteiger partial charge in [0.2, 0.25) is 0 Å². The van der Waals surface area contributed by atoms with Crippen molar-refractivity contribution in [3.63, 3.8) is 0 Å². The van der Waals surface area contributed by atoms with E-state index in [2.05, 4.69) is 10.3 Å². The van der Waals surface area contributed by atoms with E-state index in [-0.39, 0.29) is 11.1 Å². The van der Waals surface area contributed by atoms with Crippen LogP contribution in [0, 0.1) is 11.6 Å². The molecule has 4 aromatic rings. The molecule has 8 heteroatoms. The van der Waals surface area contributed by atoms with Crippen molar-refractivity contribution < 1.29 is 18.3 Å². The van der Waals surface area contributed by atoms with E-state index in [4.69, 9.17) is 16.0 Å². The Morgan fingerprint density at radius 2 is 1.97 bits per heavy atom. The average Bonchev–Trinajstić information content (AvgIpc) is 3.40. The summed E-state index contributed by atoms with van der Waals surface area (Å²) in [5.41, 5.74) is 0.327. The molecule has 0 spiro atoms. The van der Waals surface area contributed by atoms with Gasteiger partial charge in [-0.05, 0) is 26.0 Å². The minimum Gasteiger partial charge on any atom is -0.449 e. The van der Waals surface area contributed by atoms with E-state index in [0.29, 0.717) is 33.1 Å². The van der Waals surface area contributed by atoms with E-state index in [1.165, 1.54) is 12.3 Å². The van der Waals surface area contributed by atoms with E-state index >= 15 is 8.78 Å². The lowest BCUT2D eigenvalue weighted by molar-refractivity contribution is 0.0784. The maximum Gasteiger partial charge on any atom is 0.195 e. The molecule has 0 radical (unpaired) electrons. The number of hydrogen-bond donors (Lipinski definition) is 3. The summed E-state index contributed by atoms with van der Waals surface area (Å²) in [6.07, 6.45) is 2.08. The van der Waals surface area contributed by atoms with Crippen LogP contribution in [-0.2, 0) is 0 Å². The number of nitrogens with one attached hydrogen (secondary N) is 2. The van der Waals surface area contributed by atoms with E-state index in [9.17, 15) is 5.11 Å². The van der Waals surface area contributed by atoms with Gasteiger partial charge in [0.1, 0.15) is 17.7 Å². The Hall–Kier alpha value is -3.03.